The Morgan fingerprint density at radius 3 is 2.33 bits per heavy atom. The first kappa shape index (κ1) is 26.9. The molecule has 2 aromatic carbocycles. The van der Waals surface area contributed by atoms with Crippen LogP contribution in [0, 0.1) is 0 Å². The van der Waals surface area contributed by atoms with E-state index in [4.69, 9.17) is 14.2 Å². The lowest BCUT2D eigenvalue weighted by atomic mass is 10.2. The second-order valence-corrected chi connectivity index (χ2v) is 9.47. The summed E-state index contributed by atoms with van der Waals surface area (Å²) in [7, 11) is -2.39. The van der Waals surface area contributed by atoms with Crippen molar-refractivity contribution < 1.29 is 27.4 Å². The lowest BCUT2D eigenvalue weighted by molar-refractivity contribution is 0.0514. The molecule has 1 heterocycles. The van der Waals surface area contributed by atoms with E-state index < -0.39 is 27.1 Å². The molecule has 0 aliphatic heterocycles. The molecule has 0 fully saturated rings. The number of ether oxygens (including phenoxy) is 3. The number of methoxy groups -OCH3 is 1. The standard InChI is InChI=1S/C25H29N3O7S/c1-5-27(6-2)36(31,32)19-13-14-21(33-4)20(15-19)28-16-22(35-17-18-11-9-8-10-12-18)24(29)23(26-28)25(30)34-7-3/h8-16H,5-7,17H2,1-4H3. The van der Waals surface area contributed by atoms with Crippen LogP contribution in [0.3, 0.4) is 0 Å². The van der Waals surface area contributed by atoms with Crippen molar-refractivity contribution in [3.63, 3.8) is 0 Å². The van der Waals surface area contributed by atoms with E-state index in [0.717, 1.165) is 5.56 Å². The number of carbonyl (C=O) groups excluding carboxylic acids is 1. The van der Waals surface area contributed by atoms with Crippen LogP contribution >= 0.6 is 0 Å². The van der Waals surface area contributed by atoms with Crippen LogP contribution in [0.15, 0.2) is 64.4 Å². The van der Waals surface area contributed by atoms with Crippen LogP contribution in [0.4, 0.5) is 0 Å². The maximum Gasteiger partial charge on any atom is 0.363 e. The Morgan fingerprint density at radius 1 is 1.03 bits per heavy atom. The molecule has 0 radical (unpaired) electrons. The molecule has 0 unspecified atom stereocenters. The van der Waals surface area contributed by atoms with Crippen LogP contribution in [-0.4, -0.2) is 55.3 Å². The van der Waals surface area contributed by atoms with Crippen LogP contribution < -0.4 is 14.9 Å². The molecule has 0 saturated heterocycles. The summed E-state index contributed by atoms with van der Waals surface area (Å²) in [6.45, 7) is 5.79. The van der Waals surface area contributed by atoms with Crippen molar-refractivity contribution in [3.05, 3.63) is 76.2 Å². The fourth-order valence-electron chi connectivity index (χ4n) is 3.48. The summed E-state index contributed by atoms with van der Waals surface area (Å²) in [6, 6.07) is 13.5. The molecule has 11 heteroatoms. The molecular weight excluding hydrogens is 486 g/mol. The van der Waals surface area contributed by atoms with Crippen molar-refractivity contribution in [1.82, 2.24) is 14.1 Å². The van der Waals surface area contributed by atoms with Gasteiger partial charge >= 0.3 is 5.97 Å². The SMILES string of the molecule is CCOC(=O)c1nn(-c2cc(S(=O)(=O)N(CC)CC)ccc2OC)cc(OCc2ccccc2)c1=O. The zero-order chi connectivity index (χ0) is 26.3. The van der Waals surface area contributed by atoms with E-state index in [2.05, 4.69) is 5.10 Å². The lowest BCUT2D eigenvalue weighted by Crippen LogP contribution is -2.30. The molecule has 1 aromatic heterocycles. The molecule has 0 amide bonds. The third kappa shape index (κ3) is 5.74. The van der Waals surface area contributed by atoms with E-state index in [-0.39, 0.29) is 35.3 Å². The predicted molar refractivity (Wildman–Crippen MR) is 133 cm³/mol. The van der Waals surface area contributed by atoms with Gasteiger partial charge in [-0.3, -0.25) is 4.79 Å². The Morgan fingerprint density at radius 2 is 1.72 bits per heavy atom. The summed E-state index contributed by atoms with van der Waals surface area (Å²) >= 11 is 0. The summed E-state index contributed by atoms with van der Waals surface area (Å²) in [5, 5.41) is 4.15. The number of benzene rings is 2. The Balaban J connectivity index is 2.17. The van der Waals surface area contributed by atoms with Gasteiger partial charge in [0, 0.05) is 13.1 Å². The molecule has 0 N–H and O–H groups in total. The van der Waals surface area contributed by atoms with Gasteiger partial charge in [-0.25, -0.2) is 17.9 Å². The van der Waals surface area contributed by atoms with Crippen LogP contribution in [-0.2, 0) is 21.4 Å². The predicted octanol–water partition coefficient (Wildman–Crippen LogP) is 3.03. The van der Waals surface area contributed by atoms with Gasteiger partial charge in [-0.2, -0.15) is 9.40 Å². The molecule has 0 saturated carbocycles. The van der Waals surface area contributed by atoms with Crippen molar-refractivity contribution in [2.75, 3.05) is 26.8 Å². The maximum atomic E-state index is 13.1. The number of nitrogens with zero attached hydrogens (tertiary/aromatic N) is 3. The number of carbonyl (C=O) groups is 1. The molecule has 0 spiro atoms. The van der Waals surface area contributed by atoms with Crippen molar-refractivity contribution in [1.29, 1.82) is 0 Å². The van der Waals surface area contributed by atoms with Gasteiger partial charge in [-0.15, -0.1) is 0 Å². The molecule has 0 bridgehead atoms. The Bertz CT molecular complexity index is 1370. The van der Waals surface area contributed by atoms with Gasteiger partial charge in [-0.05, 0) is 30.7 Å². The molecule has 192 valence electrons. The van der Waals surface area contributed by atoms with E-state index in [1.54, 1.807) is 20.8 Å². The van der Waals surface area contributed by atoms with E-state index in [1.165, 1.54) is 40.5 Å². The van der Waals surface area contributed by atoms with Crippen LogP contribution in [0.2, 0.25) is 0 Å². The van der Waals surface area contributed by atoms with Gasteiger partial charge in [0.1, 0.15) is 18.0 Å². The highest BCUT2D eigenvalue weighted by Crippen LogP contribution is 2.28. The number of hydrogen-bond acceptors (Lipinski definition) is 8. The topological polar surface area (TPSA) is 117 Å². The first-order chi connectivity index (χ1) is 17.3. The second kappa shape index (κ2) is 11.8. The van der Waals surface area contributed by atoms with E-state index in [1.807, 2.05) is 30.3 Å². The molecule has 10 nitrogen and oxygen atoms in total. The number of rotatable bonds is 11. The zero-order valence-corrected chi connectivity index (χ0v) is 21.4. The first-order valence-corrected chi connectivity index (χ1v) is 12.9. The molecule has 0 aliphatic carbocycles. The molecular formula is C25H29N3O7S. The number of aromatic nitrogens is 2. The number of sulfonamides is 1. The van der Waals surface area contributed by atoms with Gasteiger partial charge in [0.2, 0.25) is 15.7 Å². The summed E-state index contributed by atoms with van der Waals surface area (Å²) in [4.78, 5) is 25.5. The minimum Gasteiger partial charge on any atom is -0.494 e. The molecule has 0 aliphatic rings. The van der Waals surface area contributed by atoms with Gasteiger partial charge in [-0.1, -0.05) is 44.2 Å². The number of esters is 1. The van der Waals surface area contributed by atoms with Gasteiger partial charge in [0.25, 0.3) is 5.43 Å². The number of hydrogen-bond donors (Lipinski definition) is 0. The normalized spacial score (nSPS) is 11.4. The monoisotopic (exact) mass is 515 g/mol. The lowest BCUT2D eigenvalue weighted by Gasteiger charge is -2.20. The minimum atomic E-state index is -3.80. The van der Waals surface area contributed by atoms with Crippen molar-refractivity contribution in [2.24, 2.45) is 0 Å². The summed E-state index contributed by atoms with van der Waals surface area (Å²) in [6.07, 6.45) is 1.29. The molecule has 3 aromatic rings. The second-order valence-electron chi connectivity index (χ2n) is 7.53. The van der Waals surface area contributed by atoms with Crippen molar-refractivity contribution >= 4 is 16.0 Å². The fraction of sp³-hybridized carbons (Fsp3) is 0.320. The third-order valence-corrected chi connectivity index (χ3v) is 7.38. The van der Waals surface area contributed by atoms with E-state index in [9.17, 15) is 18.0 Å². The Hall–Kier alpha value is -3.70. The minimum absolute atomic E-state index is 0.00642. The highest BCUT2D eigenvalue weighted by Gasteiger charge is 2.25. The average Bonchev–Trinajstić information content (AvgIpc) is 2.89. The average molecular weight is 516 g/mol. The van der Waals surface area contributed by atoms with Gasteiger partial charge in [0.05, 0.1) is 24.8 Å². The maximum absolute atomic E-state index is 13.1. The van der Waals surface area contributed by atoms with E-state index >= 15 is 0 Å². The largest absolute Gasteiger partial charge is 0.494 e. The van der Waals surface area contributed by atoms with Crippen molar-refractivity contribution in [3.8, 4) is 17.2 Å². The quantitative estimate of drug-likeness (QED) is 0.358. The molecule has 36 heavy (non-hydrogen) atoms. The molecule has 0 atom stereocenters. The Labute approximate surface area is 210 Å². The zero-order valence-electron chi connectivity index (χ0n) is 20.6. The summed E-state index contributed by atoms with van der Waals surface area (Å²) < 4.78 is 44.9. The smallest absolute Gasteiger partial charge is 0.363 e. The van der Waals surface area contributed by atoms with Crippen molar-refractivity contribution in [2.45, 2.75) is 32.3 Å². The van der Waals surface area contributed by atoms with Gasteiger partial charge in [0.15, 0.2) is 5.75 Å². The first-order valence-electron chi connectivity index (χ1n) is 11.4. The van der Waals surface area contributed by atoms with E-state index in [0.29, 0.717) is 13.1 Å². The van der Waals surface area contributed by atoms with Crippen LogP contribution in [0.25, 0.3) is 5.69 Å². The summed E-state index contributed by atoms with van der Waals surface area (Å²) in [5.74, 6) is -0.809. The third-order valence-electron chi connectivity index (χ3n) is 5.33. The fourth-order valence-corrected chi connectivity index (χ4v) is 4.96. The molecule has 3 rings (SSSR count). The van der Waals surface area contributed by atoms with Crippen LogP contribution in [0.1, 0.15) is 36.8 Å². The van der Waals surface area contributed by atoms with Gasteiger partial charge < -0.3 is 14.2 Å². The highest BCUT2D eigenvalue weighted by molar-refractivity contribution is 7.89. The highest BCUT2D eigenvalue weighted by atomic mass is 32.2. The van der Waals surface area contributed by atoms with Crippen LogP contribution in [0.5, 0.6) is 11.5 Å². The Kier molecular flexibility index (Phi) is 8.83. The summed E-state index contributed by atoms with van der Waals surface area (Å²) in [5.41, 5.74) is -0.239.